The zero-order valence-corrected chi connectivity index (χ0v) is 8.43. The maximum absolute atomic E-state index is 5.56. The molecule has 0 saturated heterocycles. The Kier molecular flexibility index (Phi) is 2.69. The molecular weight excluding hydrogens is 192 g/mol. The van der Waals surface area contributed by atoms with E-state index in [4.69, 9.17) is 14.9 Å². The van der Waals surface area contributed by atoms with Crippen LogP contribution < -0.4 is 10.5 Å². The molecule has 2 aromatic heterocycles. The van der Waals surface area contributed by atoms with Gasteiger partial charge >= 0.3 is 0 Å². The van der Waals surface area contributed by atoms with Gasteiger partial charge < -0.3 is 14.9 Å². The first-order valence-electron chi connectivity index (χ1n) is 4.62. The average molecular weight is 204 g/mol. The van der Waals surface area contributed by atoms with E-state index in [0.29, 0.717) is 12.4 Å². The molecule has 2 aromatic rings. The van der Waals surface area contributed by atoms with Gasteiger partial charge in [0.25, 0.3) is 0 Å². The van der Waals surface area contributed by atoms with Crippen LogP contribution in [0.5, 0.6) is 5.88 Å². The van der Waals surface area contributed by atoms with Crippen molar-refractivity contribution in [2.24, 2.45) is 5.73 Å². The first kappa shape index (κ1) is 9.73. The van der Waals surface area contributed by atoms with E-state index in [2.05, 4.69) is 4.98 Å². The largest absolute Gasteiger partial charge is 0.481 e. The maximum atomic E-state index is 5.56. The van der Waals surface area contributed by atoms with Gasteiger partial charge in [0.2, 0.25) is 5.88 Å². The molecule has 2 N–H and O–H groups in total. The second-order valence-electron chi connectivity index (χ2n) is 3.05. The molecule has 0 atom stereocenters. The Morgan fingerprint density at radius 1 is 1.47 bits per heavy atom. The van der Waals surface area contributed by atoms with Crippen LogP contribution in [0.2, 0.25) is 0 Å². The Hall–Kier alpha value is -1.81. The average Bonchev–Trinajstić information content (AvgIpc) is 2.77. The molecule has 2 heterocycles. The van der Waals surface area contributed by atoms with Crippen LogP contribution in [0.1, 0.15) is 5.76 Å². The van der Waals surface area contributed by atoms with Gasteiger partial charge in [-0.15, -0.1) is 0 Å². The molecule has 0 spiro atoms. The molecule has 0 fully saturated rings. The van der Waals surface area contributed by atoms with Gasteiger partial charge in [-0.1, -0.05) is 0 Å². The number of nitrogens with zero attached hydrogens (tertiary/aromatic N) is 1. The highest BCUT2D eigenvalue weighted by Gasteiger charge is 2.07. The van der Waals surface area contributed by atoms with Crippen LogP contribution in [0, 0.1) is 0 Å². The minimum Gasteiger partial charge on any atom is -0.481 e. The van der Waals surface area contributed by atoms with Crippen LogP contribution in [0.3, 0.4) is 0 Å². The predicted molar refractivity (Wildman–Crippen MR) is 56.4 cm³/mol. The number of aromatic nitrogens is 1. The second kappa shape index (κ2) is 4.14. The van der Waals surface area contributed by atoms with Gasteiger partial charge in [0.15, 0.2) is 0 Å². The van der Waals surface area contributed by atoms with Crippen molar-refractivity contribution in [1.29, 1.82) is 0 Å². The van der Waals surface area contributed by atoms with E-state index in [9.17, 15) is 0 Å². The smallest absolute Gasteiger partial charge is 0.213 e. The van der Waals surface area contributed by atoms with Crippen LogP contribution in [0.15, 0.2) is 35.1 Å². The molecule has 0 aliphatic heterocycles. The van der Waals surface area contributed by atoms with E-state index in [1.165, 1.54) is 0 Å². The van der Waals surface area contributed by atoms with E-state index in [0.717, 1.165) is 16.9 Å². The number of pyridine rings is 1. The number of methoxy groups -OCH3 is 1. The Labute approximate surface area is 87.7 Å². The third-order valence-corrected chi connectivity index (χ3v) is 2.19. The minimum absolute atomic E-state index is 0.382. The standard InChI is InChI=1S/C11H12N2O2/c1-14-11-6-8(2-4-13-11)9-3-5-15-10(9)7-12/h2-6H,7,12H2,1H3. The highest BCUT2D eigenvalue weighted by molar-refractivity contribution is 5.65. The fraction of sp³-hybridized carbons (Fsp3) is 0.182. The quantitative estimate of drug-likeness (QED) is 0.828. The van der Waals surface area contributed by atoms with Crippen molar-refractivity contribution in [3.05, 3.63) is 36.4 Å². The normalized spacial score (nSPS) is 10.3. The highest BCUT2D eigenvalue weighted by Crippen LogP contribution is 2.26. The van der Waals surface area contributed by atoms with Crippen LogP contribution >= 0.6 is 0 Å². The summed E-state index contributed by atoms with van der Waals surface area (Å²) >= 11 is 0. The summed E-state index contributed by atoms with van der Waals surface area (Å²) < 4.78 is 10.3. The van der Waals surface area contributed by atoms with Crippen LogP contribution in [0.25, 0.3) is 11.1 Å². The summed E-state index contributed by atoms with van der Waals surface area (Å²) in [5.74, 6) is 1.35. The van der Waals surface area contributed by atoms with E-state index in [1.54, 1.807) is 19.6 Å². The Balaban J connectivity index is 2.44. The molecular formula is C11H12N2O2. The number of furan rings is 1. The molecule has 2 rings (SSSR count). The van der Waals surface area contributed by atoms with E-state index in [1.807, 2.05) is 18.2 Å². The third-order valence-electron chi connectivity index (χ3n) is 2.19. The zero-order valence-electron chi connectivity index (χ0n) is 8.43. The summed E-state index contributed by atoms with van der Waals surface area (Å²) in [5, 5.41) is 0. The summed E-state index contributed by atoms with van der Waals surface area (Å²) in [6.07, 6.45) is 3.33. The lowest BCUT2D eigenvalue weighted by atomic mass is 10.1. The van der Waals surface area contributed by atoms with E-state index < -0.39 is 0 Å². The van der Waals surface area contributed by atoms with Crippen molar-refractivity contribution in [3.8, 4) is 17.0 Å². The molecule has 0 aliphatic rings. The molecule has 0 aromatic carbocycles. The van der Waals surface area contributed by atoms with Crippen molar-refractivity contribution in [1.82, 2.24) is 4.98 Å². The minimum atomic E-state index is 0.382. The van der Waals surface area contributed by atoms with Gasteiger partial charge in [-0.25, -0.2) is 4.98 Å². The van der Waals surface area contributed by atoms with Gasteiger partial charge in [-0.05, 0) is 17.7 Å². The lowest BCUT2D eigenvalue weighted by Crippen LogP contribution is -1.96. The van der Waals surface area contributed by atoms with Gasteiger partial charge in [0, 0.05) is 17.8 Å². The fourth-order valence-electron chi connectivity index (χ4n) is 1.44. The lowest BCUT2D eigenvalue weighted by molar-refractivity contribution is 0.398. The van der Waals surface area contributed by atoms with Crippen molar-refractivity contribution in [2.45, 2.75) is 6.54 Å². The monoisotopic (exact) mass is 204 g/mol. The first-order valence-corrected chi connectivity index (χ1v) is 4.62. The Morgan fingerprint density at radius 2 is 2.33 bits per heavy atom. The van der Waals surface area contributed by atoms with Crippen molar-refractivity contribution in [3.63, 3.8) is 0 Å². The van der Waals surface area contributed by atoms with Crippen molar-refractivity contribution in [2.75, 3.05) is 7.11 Å². The van der Waals surface area contributed by atoms with Crippen LogP contribution in [0.4, 0.5) is 0 Å². The summed E-state index contributed by atoms with van der Waals surface area (Å²) in [4.78, 5) is 4.04. The summed E-state index contributed by atoms with van der Waals surface area (Å²) in [6.45, 7) is 0.382. The molecule has 0 unspecified atom stereocenters. The zero-order chi connectivity index (χ0) is 10.7. The molecule has 0 bridgehead atoms. The SMILES string of the molecule is COc1cc(-c2ccoc2CN)ccn1. The fourth-order valence-corrected chi connectivity index (χ4v) is 1.44. The van der Waals surface area contributed by atoms with Gasteiger partial charge in [-0.3, -0.25) is 0 Å². The highest BCUT2D eigenvalue weighted by atomic mass is 16.5. The van der Waals surface area contributed by atoms with Gasteiger partial charge in [0.05, 0.1) is 19.9 Å². The molecule has 4 nitrogen and oxygen atoms in total. The van der Waals surface area contributed by atoms with Crippen molar-refractivity contribution < 1.29 is 9.15 Å². The van der Waals surface area contributed by atoms with Gasteiger partial charge in [0.1, 0.15) is 5.76 Å². The molecule has 0 amide bonds. The summed E-state index contributed by atoms with van der Waals surface area (Å²) in [6, 6.07) is 5.63. The van der Waals surface area contributed by atoms with Crippen LogP contribution in [-0.4, -0.2) is 12.1 Å². The van der Waals surface area contributed by atoms with E-state index >= 15 is 0 Å². The maximum Gasteiger partial charge on any atom is 0.213 e. The Morgan fingerprint density at radius 3 is 3.07 bits per heavy atom. The predicted octanol–water partition coefficient (Wildman–Crippen LogP) is 1.81. The molecule has 0 radical (unpaired) electrons. The third kappa shape index (κ3) is 1.85. The van der Waals surface area contributed by atoms with Crippen molar-refractivity contribution >= 4 is 0 Å². The first-order chi connectivity index (χ1) is 7.35. The number of hydrogen-bond acceptors (Lipinski definition) is 4. The number of nitrogens with two attached hydrogens (primary N) is 1. The molecule has 78 valence electrons. The van der Waals surface area contributed by atoms with E-state index in [-0.39, 0.29) is 0 Å². The Bertz CT molecular complexity index is 451. The summed E-state index contributed by atoms with van der Waals surface area (Å²) in [7, 11) is 1.59. The molecule has 0 saturated carbocycles. The molecule has 15 heavy (non-hydrogen) atoms. The van der Waals surface area contributed by atoms with Crippen LogP contribution in [-0.2, 0) is 6.54 Å². The summed E-state index contributed by atoms with van der Waals surface area (Å²) in [5.41, 5.74) is 7.54. The second-order valence-corrected chi connectivity index (χ2v) is 3.05. The topological polar surface area (TPSA) is 61.3 Å². The lowest BCUT2D eigenvalue weighted by Gasteiger charge is -2.02. The number of rotatable bonds is 3. The number of ether oxygens (including phenoxy) is 1. The molecule has 0 aliphatic carbocycles. The molecule has 4 heteroatoms. The van der Waals surface area contributed by atoms with Gasteiger partial charge in [-0.2, -0.15) is 0 Å². The number of hydrogen-bond donors (Lipinski definition) is 1.